The summed E-state index contributed by atoms with van der Waals surface area (Å²) in [4.78, 5) is 21.8. The number of nitrogens with zero attached hydrogens (tertiary/aromatic N) is 2. The minimum absolute atomic E-state index is 0.0433. The van der Waals surface area contributed by atoms with E-state index in [2.05, 4.69) is 23.3 Å². The first kappa shape index (κ1) is 27.2. The van der Waals surface area contributed by atoms with Crippen LogP contribution in [0.5, 0.6) is 5.75 Å². The first-order chi connectivity index (χ1) is 17.1. The molecule has 0 bridgehead atoms. The van der Waals surface area contributed by atoms with E-state index in [1.165, 1.54) is 0 Å². The molecular weight excluding hydrogens is 472 g/mol. The highest BCUT2D eigenvalue weighted by atomic mass is 35.5. The number of hydrogen-bond donors (Lipinski definition) is 2. The second-order valence-corrected chi connectivity index (χ2v) is 9.67. The molecule has 2 heterocycles. The molecule has 3 rings (SSSR count). The minimum atomic E-state index is -0.319. The number of halogens is 1. The Morgan fingerprint density at radius 1 is 1.17 bits per heavy atom. The van der Waals surface area contributed by atoms with Crippen LogP contribution in [0.15, 0.2) is 48.6 Å². The summed E-state index contributed by atoms with van der Waals surface area (Å²) in [5, 5.41) is 7.84. The number of rotatable bonds is 9. The number of carbonyl (C=O) groups excluding carboxylic acids is 1. The molecule has 0 aliphatic carbocycles. The van der Waals surface area contributed by atoms with Crippen LogP contribution < -0.4 is 15.4 Å². The third-order valence-corrected chi connectivity index (χ3v) is 6.38. The van der Waals surface area contributed by atoms with Crippen molar-refractivity contribution >= 4 is 34.1 Å². The third kappa shape index (κ3) is 5.88. The second kappa shape index (κ2) is 11.6. The Morgan fingerprint density at radius 3 is 2.50 bits per heavy atom. The van der Waals surface area contributed by atoms with Crippen molar-refractivity contribution in [1.29, 1.82) is 0 Å². The number of pyridine rings is 2. The van der Waals surface area contributed by atoms with Crippen LogP contribution in [-0.4, -0.2) is 22.9 Å². The lowest BCUT2D eigenvalue weighted by molar-refractivity contribution is -0.124. The number of amides is 1. The van der Waals surface area contributed by atoms with Gasteiger partial charge in [0.15, 0.2) is 0 Å². The van der Waals surface area contributed by atoms with Crippen LogP contribution in [0, 0.1) is 19.8 Å². The number of hydrogen-bond acceptors (Lipinski definition) is 5. The number of fused-ring (bicyclic) bond motifs is 1. The number of nitrogens with one attached hydrogen (secondary N) is 2. The molecule has 0 saturated carbocycles. The lowest BCUT2D eigenvalue weighted by Crippen LogP contribution is -2.31. The van der Waals surface area contributed by atoms with E-state index in [0.29, 0.717) is 16.5 Å². The first-order valence-electron chi connectivity index (χ1n) is 12.1. The molecule has 2 N–H and O–H groups in total. The molecular formula is C29H35ClN4O2. The van der Waals surface area contributed by atoms with Crippen LogP contribution in [-0.2, 0) is 11.4 Å². The summed E-state index contributed by atoms with van der Waals surface area (Å²) in [5.41, 5.74) is 6.90. The Balaban J connectivity index is 2.04. The van der Waals surface area contributed by atoms with Gasteiger partial charge in [0.1, 0.15) is 17.9 Å². The van der Waals surface area contributed by atoms with Gasteiger partial charge in [-0.15, -0.1) is 0 Å². The van der Waals surface area contributed by atoms with Gasteiger partial charge in [-0.25, -0.2) is 4.98 Å². The molecule has 1 amide bonds. The van der Waals surface area contributed by atoms with Crippen molar-refractivity contribution < 1.29 is 9.53 Å². The van der Waals surface area contributed by atoms with Gasteiger partial charge >= 0.3 is 0 Å². The van der Waals surface area contributed by atoms with Crippen molar-refractivity contribution in [3.63, 3.8) is 0 Å². The first-order valence-corrected chi connectivity index (χ1v) is 12.5. The summed E-state index contributed by atoms with van der Waals surface area (Å²) in [6, 6.07) is 9.44. The molecule has 2 aromatic heterocycles. The third-order valence-electron chi connectivity index (χ3n) is 6.05. The summed E-state index contributed by atoms with van der Waals surface area (Å²) in [5.74, 6) is 0.469. The predicted molar refractivity (Wildman–Crippen MR) is 148 cm³/mol. The van der Waals surface area contributed by atoms with E-state index >= 15 is 0 Å². The van der Waals surface area contributed by atoms with Gasteiger partial charge in [-0.2, -0.15) is 0 Å². The van der Waals surface area contributed by atoms with Crippen molar-refractivity contribution in [2.24, 2.45) is 5.92 Å². The molecule has 1 unspecified atom stereocenters. The van der Waals surface area contributed by atoms with E-state index in [9.17, 15) is 4.79 Å². The van der Waals surface area contributed by atoms with E-state index in [4.69, 9.17) is 26.3 Å². The summed E-state index contributed by atoms with van der Waals surface area (Å²) < 4.78 is 6.32. The molecule has 190 valence electrons. The molecule has 1 atom stereocenters. The zero-order valence-electron chi connectivity index (χ0n) is 22.1. The Labute approximate surface area is 218 Å². The maximum Gasteiger partial charge on any atom is 0.223 e. The zero-order chi connectivity index (χ0) is 26.6. The highest BCUT2D eigenvalue weighted by Gasteiger charge is 2.21. The Hall–Kier alpha value is -3.38. The average Bonchev–Trinajstić information content (AvgIpc) is 2.83. The van der Waals surface area contributed by atoms with E-state index < -0.39 is 0 Å². The Bertz CT molecular complexity index is 1330. The van der Waals surface area contributed by atoms with Crippen LogP contribution in [0.3, 0.4) is 0 Å². The summed E-state index contributed by atoms with van der Waals surface area (Å²) >= 11 is 6.65. The zero-order valence-corrected chi connectivity index (χ0v) is 22.9. The number of allylic oxidation sites excluding steroid dienone is 2. The molecule has 0 aliphatic heterocycles. The molecule has 36 heavy (non-hydrogen) atoms. The number of benzene rings is 1. The fraction of sp³-hybridized carbons (Fsp3) is 0.345. The van der Waals surface area contributed by atoms with Gasteiger partial charge in [-0.1, -0.05) is 50.2 Å². The molecule has 0 spiro atoms. The van der Waals surface area contributed by atoms with Crippen LogP contribution in [0.2, 0.25) is 5.02 Å². The minimum Gasteiger partial charge on any atom is -0.486 e. The number of ether oxygens (including phenoxy) is 1. The van der Waals surface area contributed by atoms with Gasteiger partial charge in [-0.3, -0.25) is 9.78 Å². The van der Waals surface area contributed by atoms with E-state index in [1.807, 2.05) is 78.9 Å². The number of aryl methyl sites for hydroxylation is 2. The quantitative estimate of drug-likeness (QED) is 0.326. The van der Waals surface area contributed by atoms with Crippen LogP contribution in [0.1, 0.15) is 61.9 Å². The SMILES string of the molecule is C=C/C(C)=C(\NC)c1cc(C)nc2c(OCc3c(Cl)cc(C)nc3C(C)NC(=O)C(C)C)cccc12. The highest BCUT2D eigenvalue weighted by molar-refractivity contribution is 6.31. The van der Waals surface area contributed by atoms with E-state index in [0.717, 1.165) is 44.7 Å². The van der Waals surface area contributed by atoms with Crippen molar-refractivity contribution in [3.05, 3.63) is 81.8 Å². The molecule has 3 aromatic rings. The van der Waals surface area contributed by atoms with Crippen LogP contribution in [0.25, 0.3) is 16.6 Å². The van der Waals surface area contributed by atoms with Gasteiger partial charge < -0.3 is 15.4 Å². The lowest BCUT2D eigenvalue weighted by atomic mass is 10.0. The molecule has 1 aromatic carbocycles. The molecule has 7 heteroatoms. The fourth-order valence-corrected chi connectivity index (χ4v) is 4.41. The van der Waals surface area contributed by atoms with Gasteiger partial charge in [0.2, 0.25) is 5.91 Å². The Kier molecular flexibility index (Phi) is 8.75. The molecule has 0 aliphatic rings. The largest absolute Gasteiger partial charge is 0.486 e. The monoisotopic (exact) mass is 506 g/mol. The smallest absolute Gasteiger partial charge is 0.223 e. The lowest BCUT2D eigenvalue weighted by Gasteiger charge is -2.21. The molecule has 0 fully saturated rings. The van der Waals surface area contributed by atoms with Crippen molar-refractivity contribution in [2.75, 3.05) is 7.05 Å². The number of aromatic nitrogens is 2. The molecule has 0 saturated heterocycles. The summed E-state index contributed by atoms with van der Waals surface area (Å²) in [7, 11) is 1.90. The van der Waals surface area contributed by atoms with E-state index in [-0.39, 0.29) is 24.5 Å². The van der Waals surface area contributed by atoms with Crippen molar-refractivity contribution in [2.45, 2.75) is 54.2 Å². The second-order valence-electron chi connectivity index (χ2n) is 9.26. The van der Waals surface area contributed by atoms with Crippen molar-refractivity contribution in [1.82, 2.24) is 20.6 Å². The standard InChI is InChI=1S/C29H35ClN4O2/c1-9-17(4)26(31-8)22-13-18(5)33-28-21(22)11-10-12-25(28)36-15-23-24(30)14-19(6)32-27(23)20(7)34-29(35)16(2)3/h9-14,16,20,31H,1,15H2,2-8H3,(H,34,35)/b26-17-. The molecule has 6 nitrogen and oxygen atoms in total. The summed E-state index contributed by atoms with van der Waals surface area (Å²) in [6.45, 7) is 15.6. The highest BCUT2D eigenvalue weighted by Crippen LogP contribution is 2.33. The van der Waals surface area contributed by atoms with Gasteiger partial charge in [0.25, 0.3) is 0 Å². The fourth-order valence-electron chi connectivity index (χ4n) is 4.10. The summed E-state index contributed by atoms with van der Waals surface area (Å²) in [6.07, 6.45) is 1.83. The van der Waals surface area contributed by atoms with Gasteiger partial charge in [0.05, 0.1) is 16.8 Å². The Morgan fingerprint density at radius 2 is 1.86 bits per heavy atom. The van der Waals surface area contributed by atoms with Crippen LogP contribution in [0.4, 0.5) is 0 Å². The topological polar surface area (TPSA) is 76.1 Å². The maximum atomic E-state index is 12.3. The maximum absolute atomic E-state index is 12.3. The average molecular weight is 507 g/mol. The van der Waals surface area contributed by atoms with Gasteiger partial charge in [0, 0.05) is 46.6 Å². The molecule has 0 radical (unpaired) electrons. The van der Waals surface area contributed by atoms with E-state index in [1.54, 1.807) is 0 Å². The number of carbonyl (C=O) groups is 1. The van der Waals surface area contributed by atoms with Crippen molar-refractivity contribution in [3.8, 4) is 5.75 Å². The normalized spacial score (nSPS) is 12.8. The predicted octanol–water partition coefficient (Wildman–Crippen LogP) is 6.45. The van der Waals surface area contributed by atoms with Gasteiger partial charge in [-0.05, 0) is 51.5 Å². The van der Waals surface area contributed by atoms with Crippen LogP contribution >= 0.6 is 11.6 Å². The number of para-hydroxylation sites is 1.